The molecule has 100 valence electrons. The second-order valence-corrected chi connectivity index (χ2v) is 4.96. The molecule has 1 aromatic heterocycles. The molecule has 0 saturated carbocycles. The number of carbonyl (C=O) groups is 1. The molecule has 0 saturated heterocycles. The molecule has 0 aliphatic heterocycles. The third-order valence-electron chi connectivity index (χ3n) is 2.74. The van der Waals surface area contributed by atoms with Gasteiger partial charge in [0.1, 0.15) is 5.38 Å². The number of rotatable bonds is 4. The zero-order valence-corrected chi connectivity index (χ0v) is 11.9. The summed E-state index contributed by atoms with van der Waals surface area (Å²) >= 11 is 12.2. The Hall–Kier alpha value is -1.32. The predicted molar refractivity (Wildman–Crippen MR) is 76.7 cm³/mol. The van der Waals surface area contributed by atoms with Gasteiger partial charge in [0, 0.05) is 23.0 Å². The molecule has 19 heavy (non-hydrogen) atoms. The fraction of sp³-hybridized carbons (Fsp3) is 0.286. The highest BCUT2D eigenvalue weighted by molar-refractivity contribution is 6.35. The number of halogens is 2. The molecular weight excluding hydrogens is 285 g/mol. The SMILES string of the molecule is CCOC(=O)C(Cl)Cc1ccc(Cl)c2cccnc12. The van der Waals surface area contributed by atoms with E-state index in [0.29, 0.717) is 18.1 Å². The van der Waals surface area contributed by atoms with Crippen molar-refractivity contribution in [1.82, 2.24) is 4.98 Å². The fourth-order valence-corrected chi connectivity index (χ4v) is 2.31. The minimum Gasteiger partial charge on any atom is -0.465 e. The third kappa shape index (κ3) is 3.17. The van der Waals surface area contributed by atoms with E-state index in [1.54, 1.807) is 19.2 Å². The van der Waals surface area contributed by atoms with Gasteiger partial charge >= 0.3 is 5.97 Å². The molecule has 2 aromatic rings. The van der Waals surface area contributed by atoms with Crippen molar-refractivity contribution in [3.63, 3.8) is 0 Å². The van der Waals surface area contributed by atoms with E-state index in [-0.39, 0.29) is 0 Å². The maximum atomic E-state index is 11.5. The number of hydrogen-bond donors (Lipinski definition) is 0. The van der Waals surface area contributed by atoms with Crippen molar-refractivity contribution in [2.75, 3.05) is 6.61 Å². The second kappa shape index (κ2) is 6.22. The van der Waals surface area contributed by atoms with Crippen LogP contribution >= 0.6 is 23.2 Å². The first kappa shape index (κ1) is 14.1. The molecule has 5 heteroatoms. The van der Waals surface area contributed by atoms with Crippen LogP contribution in [0.2, 0.25) is 5.02 Å². The van der Waals surface area contributed by atoms with Gasteiger partial charge in [-0.3, -0.25) is 9.78 Å². The Labute approximate surface area is 121 Å². The van der Waals surface area contributed by atoms with E-state index in [0.717, 1.165) is 16.5 Å². The van der Waals surface area contributed by atoms with Crippen molar-refractivity contribution < 1.29 is 9.53 Å². The molecule has 1 unspecified atom stereocenters. The van der Waals surface area contributed by atoms with Crippen LogP contribution in [0.15, 0.2) is 30.5 Å². The van der Waals surface area contributed by atoms with E-state index in [2.05, 4.69) is 4.98 Å². The van der Waals surface area contributed by atoms with Crippen molar-refractivity contribution >= 4 is 40.1 Å². The number of nitrogens with zero attached hydrogens (tertiary/aromatic N) is 1. The first-order chi connectivity index (χ1) is 9.13. The summed E-state index contributed by atoms with van der Waals surface area (Å²) in [5.74, 6) is -0.414. The molecule has 1 heterocycles. The summed E-state index contributed by atoms with van der Waals surface area (Å²) in [6.45, 7) is 2.07. The molecule has 0 radical (unpaired) electrons. The molecule has 0 aliphatic carbocycles. The monoisotopic (exact) mass is 297 g/mol. The van der Waals surface area contributed by atoms with Crippen molar-refractivity contribution in [2.24, 2.45) is 0 Å². The quantitative estimate of drug-likeness (QED) is 0.639. The van der Waals surface area contributed by atoms with Gasteiger partial charge in [0.25, 0.3) is 0 Å². The van der Waals surface area contributed by atoms with Crippen LogP contribution in [0.25, 0.3) is 10.9 Å². The van der Waals surface area contributed by atoms with E-state index in [1.807, 2.05) is 18.2 Å². The number of ether oxygens (including phenoxy) is 1. The molecule has 2 rings (SSSR count). The van der Waals surface area contributed by atoms with Gasteiger partial charge in [0.05, 0.1) is 12.1 Å². The van der Waals surface area contributed by atoms with Gasteiger partial charge in [-0.1, -0.05) is 17.7 Å². The van der Waals surface area contributed by atoms with Crippen LogP contribution in [0, 0.1) is 0 Å². The summed E-state index contributed by atoms with van der Waals surface area (Å²) in [6, 6.07) is 7.34. The third-order valence-corrected chi connectivity index (χ3v) is 3.40. The summed E-state index contributed by atoms with van der Waals surface area (Å²) in [6.07, 6.45) is 2.06. The van der Waals surface area contributed by atoms with Crippen molar-refractivity contribution in [2.45, 2.75) is 18.7 Å². The van der Waals surface area contributed by atoms with Crippen LogP contribution in [-0.4, -0.2) is 22.9 Å². The maximum absolute atomic E-state index is 11.5. The molecule has 0 aliphatic rings. The van der Waals surface area contributed by atoms with Gasteiger partial charge in [0.15, 0.2) is 0 Å². The summed E-state index contributed by atoms with van der Waals surface area (Å²) < 4.78 is 4.89. The Balaban J connectivity index is 2.31. The number of esters is 1. The molecule has 0 fully saturated rings. The molecule has 0 bridgehead atoms. The van der Waals surface area contributed by atoms with Crippen LogP contribution in [0.1, 0.15) is 12.5 Å². The number of fused-ring (bicyclic) bond motifs is 1. The van der Waals surface area contributed by atoms with E-state index >= 15 is 0 Å². The lowest BCUT2D eigenvalue weighted by Crippen LogP contribution is -2.20. The Kier molecular flexibility index (Phi) is 4.61. The number of carbonyl (C=O) groups excluding carboxylic acids is 1. The Morgan fingerprint density at radius 1 is 1.42 bits per heavy atom. The Bertz CT molecular complexity index is 601. The summed E-state index contributed by atoms with van der Waals surface area (Å²) in [7, 11) is 0. The lowest BCUT2D eigenvalue weighted by Gasteiger charge is -2.11. The minimum atomic E-state index is -0.716. The highest BCUT2D eigenvalue weighted by Crippen LogP contribution is 2.26. The lowest BCUT2D eigenvalue weighted by atomic mass is 10.1. The molecule has 1 aromatic carbocycles. The van der Waals surface area contributed by atoms with Gasteiger partial charge in [-0.15, -0.1) is 11.6 Å². The summed E-state index contributed by atoms with van der Waals surface area (Å²) in [4.78, 5) is 15.9. The Morgan fingerprint density at radius 2 is 2.21 bits per heavy atom. The van der Waals surface area contributed by atoms with Crippen molar-refractivity contribution in [3.8, 4) is 0 Å². The normalized spacial score (nSPS) is 12.4. The van der Waals surface area contributed by atoms with Crippen LogP contribution in [0.3, 0.4) is 0 Å². The van der Waals surface area contributed by atoms with Crippen molar-refractivity contribution in [1.29, 1.82) is 0 Å². The molecule has 0 N–H and O–H groups in total. The molecule has 0 spiro atoms. The smallest absolute Gasteiger partial charge is 0.324 e. The predicted octanol–water partition coefficient (Wildman–Crippen LogP) is 3.60. The van der Waals surface area contributed by atoms with Gasteiger partial charge < -0.3 is 4.74 Å². The number of pyridine rings is 1. The molecular formula is C14H13Cl2NO2. The zero-order valence-electron chi connectivity index (χ0n) is 10.4. The van der Waals surface area contributed by atoms with Gasteiger partial charge in [-0.05, 0) is 30.7 Å². The number of hydrogen-bond acceptors (Lipinski definition) is 3. The fourth-order valence-electron chi connectivity index (χ4n) is 1.87. The van der Waals surface area contributed by atoms with Gasteiger partial charge in [-0.25, -0.2) is 0 Å². The number of benzene rings is 1. The highest BCUT2D eigenvalue weighted by atomic mass is 35.5. The average molecular weight is 298 g/mol. The largest absolute Gasteiger partial charge is 0.465 e. The van der Waals surface area contributed by atoms with Crippen molar-refractivity contribution in [3.05, 3.63) is 41.0 Å². The lowest BCUT2D eigenvalue weighted by molar-refractivity contribution is -0.142. The molecule has 0 amide bonds. The Morgan fingerprint density at radius 3 is 2.95 bits per heavy atom. The number of aromatic nitrogens is 1. The minimum absolute atomic E-state index is 0.321. The van der Waals surface area contributed by atoms with E-state index in [9.17, 15) is 4.79 Å². The van der Waals surface area contributed by atoms with E-state index < -0.39 is 11.3 Å². The van der Waals surface area contributed by atoms with Crippen LogP contribution < -0.4 is 0 Å². The zero-order chi connectivity index (χ0) is 13.8. The molecule has 3 nitrogen and oxygen atoms in total. The summed E-state index contributed by atoms with van der Waals surface area (Å²) in [5.41, 5.74) is 1.65. The highest BCUT2D eigenvalue weighted by Gasteiger charge is 2.19. The molecule has 1 atom stereocenters. The topological polar surface area (TPSA) is 39.2 Å². The maximum Gasteiger partial charge on any atom is 0.324 e. The first-order valence-electron chi connectivity index (χ1n) is 5.96. The van der Waals surface area contributed by atoms with Crippen LogP contribution in [0.4, 0.5) is 0 Å². The van der Waals surface area contributed by atoms with Gasteiger partial charge in [-0.2, -0.15) is 0 Å². The average Bonchev–Trinajstić information content (AvgIpc) is 2.42. The second-order valence-electron chi connectivity index (χ2n) is 4.03. The van der Waals surface area contributed by atoms with E-state index in [1.165, 1.54) is 0 Å². The van der Waals surface area contributed by atoms with Crippen LogP contribution in [0.5, 0.6) is 0 Å². The van der Waals surface area contributed by atoms with Gasteiger partial charge in [0.2, 0.25) is 0 Å². The standard InChI is InChI=1S/C14H13Cl2NO2/c1-2-19-14(18)12(16)8-9-5-6-11(15)10-4-3-7-17-13(9)10/h3-7,12H,2,8H2,1H3. The van der Waals surface area contributed by atoms with E-state index in [4.69, 9.17) is 27.9 Å². The summed E-state index contributed by atoms with van der Waals surface area (Å²) in [5, 5.41) is 0.773. The first-order valence-corrected chi connectivity index (χ1v) is 6.77. The number of alkyl halides is 1. The van der Waals surface area contributed by atoms with Crippen LogP contribution in [-0.2, 0) is 16.0 Å².